The second-order valence-corrected chi connectivity index (χ2v) is 6.36. The Hall–Kier alpha value is -1.51. The molecule has 1 heterocycles. The van der Waals surface area contributed by atoms with E-state index in [1.807, 2.05) is 24.3 Å². The zero-order valence-corrected chi connectivity index (χ0v) is 12.0. The van der Waals surface area contributed by atoms with Crippen LogP contribution < -0.4 is 11.1 Å². The van der Waals surface area contributed by atoms with Gasteiger partial charge >= 0.3 is 0 Å². The fourth-order valence-corrected chi connectivity index (χ4v) is 3.01. The van der Waals surface area contributed by atoms with Gasteiger partial charge in [0.2, 0.25) is 0 Å². The van der Waals surface area contributed by atoms with Crippen molar-refractivity contribution in [1.82, 2.24) is 0 Å². The van der Waals surface area contributed by atoms with Crippen molar-refractivity contribution in [3.05, 3.63) is 44.6 Å². The number of halogens is 1. The van der Waals surface area contributed by atoms with Crippen LogP contribution in [0.15, 0.2) is 34.1 Å². The third-order valence-corrected chi connectivity index (χ3v) is 4.13. The van der Waals surface area contributed by atoms with Gasteiger partial charge in [-0.1, -0.05) is 0 Å². The van der Waals surface area contributed by atoms with E-state index in [1.165, 1.54) is 4.88 Å². The summed E-state index contributed by atoms with van der Waals surface area (Å²) in [4.78, 5) is 1.25. The minimum absolute atomic E-state index is 0.339. The zero-order valence-electron chi connectivity index (χ0n) is 9.61. The molecular weight excluding hydrogens is 310 g/mol. The molecule has 2 rings (SSSR count). The highest BCUT2D eigenvalue weighted by Gasteiger charge is 2.02. The van der Waals surface area contributed by atoms with Crippen molar-refractivity contribution >= 4 is 38.6 Å². The molecule has 2 aromatic rings. The summed E-state index contributed by atoms with van der Waals surface area (Å²) in [5.41, 5.74) is 8.33. The molecule has 0 fully saturated rings. The van der Waals surface area contributed by atoms with Crippen molar-refractivity contribution in [2.75, 3.05) is 11.1 Å². The maximum absolute atomic E-state index is 8.72. The quantitative estimate of drug-likeness (QED) is 0.842. The molecule has 0 spiro atoms. The summed E-state index contributed by atoms with van der Waals surface area (Å²) in [5.74, 6) is 0. The number of nitriles is 1. The molecule has 0 amide bonds. The first-order chi connectivity index (χ1) is 8.69. The third-order valence-electron chi connectivity index (χ3n) is 2.51. The Bertz CT molecular complexity index is 586. The number of hydrogen-bond donors (Lipinski definition) is 2. The first-order valence-electron chi connectivity index (χ1n) is 5.42. The fourth-order valence-electron chi connectivity index (χ4n) is 1.59. The van der Waals surface area contributed by atoms with E-state index in [2.05, 4.69) is 33.4 Å². The van der Waals surface area contributed by atoms with Crippen LogP contribution in [0, 0.1) is 11.3 Å². The molecular formula is C13H12BrN3S. The summed E-state index contributed by atoms with van der Waals surface area (Å²) in [5, 5.41) is 12.0. The van der Waals surface area contributed by atoms with Crippen molar-refractivity contribution in [2.24, 2.45) is 0 Å². The summed E-state index contributed by atoms with van der Waals surface area (Å²) in [7, 11) is 0. The number of hydrogen-bond acceptors (Lipinski definition) is 4. The van der Waals surface area contributed by atoms with Crippen LogP contribution in [-0.4, -0.2) is 0 Å². The minimum Gasteiger partial charge on any atom is -0.398 e. The van der Waals surface area contributed by atoms with Crippen LogP contribution in [0.5, 0.6) is 0 Å². The van der Waals surface area contributed by atoms with Crippen LogP contribution in [0.25, 0.3) is 0 Å². The molecule has 0 unspecified atom stereocenters. The van der Waals surface area contributed by atoms with Gasteiger partial charge in [-0.15, -0.1) is 11.3 Å². The largest absolute Gasteiger partial charge is 0.398 e. The van der Waals surface area contributed by atoms with E-state index in [0.717, 1.165) is 21.6 Å². The van der Waals surface area contributed by atoms with E-state index >= 15 is 0 Å². The van der Waals surface area contributed by atoms with Crippen molar-refractivity contribution in [1.29, 1.82) is 5.26 Å². The Balaban J connectivity index is 2.05. The molecule has 0 aliphatic heterocycles. The second kappa shape index (κ2) is 5.89. The van der Waals surface area contributed by atoms with Crippen LogP contribution >= 0.6 is 27.3 Å². The molecule has 3 N–H and O–H groups in total. The van der Waals surface area contributed by atoms with Crippen molar-refractivity contribution in [3.63, 3.8) is 0 Å². The number of nitrogens with zero attached hydrogens (tertiary/aromatic N) is 1. The molecule has 0 aliphatic rings. The lowest BCUT2D eigenvalue weighted by atomic mass is 10.1. The van der Waals surface area contributed by atoms with E-state index in [0.29, 0.717) is 12.1 Å². The van der Waals surface area contributed by atoms with Gasteiger partial charge < -0.3 is 11.1 Å². The van der Waals surface area contributed by atoms with E-state index in [9.17, 15) is 0 Å². The normalized spacial score (nSPS) is 10.0. The summed E-state index contributed by atoms with van der Waals surface area (Å²) in [6, 6.07) is 11.9. The topological polar surface area (TPSA) is 61.8 Å². The molecule has 1 aromatic carbocycles. The average molecular weight is 322 g/mol. The first-order valence-corrected chi connectivity index (χ1v) is 7.03. The second-order valence-electron chi connectivity index (χ2n) is 3.81. The predicted octanol–water partition coefficient (Wildman–Crippen LogP) is 3.77. The minimum atomic E-state index is 0.339. The molecule has 5 heteroatoms. The fraction of sp³-hybridized carbons (Fsp3) is 0.154. The van der Waals surface area contributed by atoms with Gasteiger partial charge in [0.1, 0.15) is 0 Å². The predicted molar refractivity (Wildman–Crippen MR) is 79.5 cm³/mol. The third kappa shape index (κ3) is 3.25. The molecule has 3 nitrogen and oxygen atoms in total. The van der Waals surface area contributed by atoms with Crippen LogP contribution in [-0.2, 0) is 13.0 Å². The highest BCUT2D eigenvalue weighted by Crippen LogP contribution is 2.24. The Morgan fingerprint density at radius 1 is 1.33 bits per heavy atom. The Labute approximate surface area is 118 Å². The van der Waals surface area contributed by atoms with Crippen molar-refractivity contribution < 1.29 is 0 Å². The number of thiophene rings is 1. The highest BCUT2D eigenvalue weighted by atomic mass is 79.9. The van der Waals surface area contributed by atoms with Crippen LogP contribution in [0.1, 0.15) is 10.4 Å². The Morgan fingerprint density at radius 3 is 2.83 bits per heavy atom. The molecule has 0 bridgehead atoms. The summed E-state index contributed by atoms with van der Waals surface area (Å²) >= 11 is 5.14. The highest BCUT2D eigenvalue weighted by molar-refractivity contribution is 9.11. The van der Waals surface area contributed by atoms with Gasteiger partial charge in [0.05, 0.1) is 16.3 Å². The first kappa shape index (κ1) is 12.9. The Morgan fingerprint density at radius 2 is 2.17 bits per heavy atom. The lowest BCUT2D eigenvalue weighted by Gasteiger charge is -2.08. The molecule has 0 saturated carbocycles. The van der Waals surface area contributed by atoms with Gasteiger partial charge in [0.15, 0.2) is 0 Å². The number of benzene rings is 1. The average Bonchev–Trinajstić information content (AvgIpc) is 2.76. The number of anilines is 2. The molecule has 1 aromatic heterocycles. The van der Waals surface area contributed by atoms with Crippen LogP contribution in [0.2, 0.25) is 0 Å². The van der Waals surface area contributed by atoms with Gasteiger partial charge in [-0.3, -0.25) is 0 Å². The molecule has 0 radical (unpaired) electrons. The Kier molecular flexibility index (Phi) is 4.24. The molecule has 18 heavy (non-hydrogen) atoms. The van der Waals surface area contributed by atoms with Gasteiger partial charge in [-0.25, -0.2) is 0 Å². The van der Waals surface area contributed by atoms with Gasteiger partial charge in [-0.05, 0) is 51.8 Å². The smallest absolute Gasteiger partial charge is 0.0702 e. The van der Waals surface area contributed by atoms with Crippen LogP contribution in [0.3, 0.4) is 0 Å². The summed E-state index contributed by atoms with van der Waals surface area (Å²) < 4.78 is 1.13. The van der Waals surface area contributed by atoms with Crippen molar-refractivity contribution in [2.45, 2.75) is 13.0 Å². The van der Waals surface area contributed by atoms with E-state index in [4.69, 9.17) is 11.0 Å². The van der Waals surface area contributed by atoms with E-state index < -0.39 is 0 Å². The van der Waals surface area contributed by atoms with E-state index in [-0.39, 0.29) is 0 Å². The molecule has 0 aliphatic carbocycles. The number of rotatable bonds is 4. The van der Waals surface area contributed by atoms with Crippen LogP contribution in [0.4, 0.5) is 11.4 Å². The van der Waals surface area contributed by atoms with Gasteiger partial charge in [0.25, 0.3) is 0 Å². The number of nitrogens with one attached hydrogen (secondary N) is 1. The molecule has 92 valence electrons. The lowest BCUT2D eigenvalue weighted by molar-refractivity contribution is 1.18. The maximum Gasteiger partial charge on any atom is 0.0702 e. The molecule has 0 atom stereocenters. The number of nitrogen functional groups attached to an aromatic ring is 1. The zero-order chi connectivity index (χ0) is 13.0. The van der Waals surface area contributed by atoms with Crippen molar-refractivity contribution in [3.8, 4) is 6.07 Å². The maximum atomic E-state index is 8.72. The SMILES string of the molecule is N#CCc1cc(NCc2ccc(Br)s2)ccc1N. The van der Waals surface area contributed by atoms with Gasteiger partial charge in [0, 0.05) is 22.8 Å². The molecule has 0 saturated heterocycles. The summed E-state index contributed by atoms with van der Waals surface area (Å²) in [6.07, 6.45) is 0.339. The summed E-state index contributed by atoms with van der Waals surface area (Å²) in [6.45, 7) is 0.770. The lowest BCUT2D eigenvalue weighted by Crippen LogP contribution is -2.00. The number of nitrogens with two attached hydrogens (primary N) is 1. The van der Waals surface area contributed by atoms with Gasteiger partial charge in [-0.2, -0.15) is 5.26 Å². The monoisotopic (exact) mass is 321 g/mol. The standard InChI is InChI=1S/C13H12BrN3S/c14-13-4-2-11(18-13)8-17-10-1-3-12(16)9(7-10)5-6-15/h1-4,7,17H,5,8,16H2. The van der Waals surface area contributed by atoms with E-state index in [1.54, 1.807) is 11.3 Å².